The van der Waals surface area contributed by atoms with Gasteiger partial charge in [0.05, 0.1) is 0 Å². The summed E-state index contributed by atoms with van der Waals surface area (Å²) in [5.41, 5.74) is -1.62. The zero-order valence-corrected chi connectivity index (χ0v) is 7.21. The number of carboxylic acids is 1. The fraction of sp³-hybridized carbons (Fsp3) is 0.875. The van der Waals surface area contributed by atoms with Crippen LogP contribution in [0.5, 0.6) is 0 Å². The van der Waals surface area contributed by atoms with Gasteiger partial charge >= 0.3 is 5.97 Å². The second-order valence-electron chi connectivity index (χ2n) is 3.46. The molecule has 1 fully saturated rings. The van der Waals surface area contributed by atoms with Gasteiger partial charge in [-0.15, -0.1) is 0 Å². The SMILES string of the molecule is C[C@](O)(C(=O)O)[C@@H]1CCCCN1. The van der Waals surface area contributed by atoms with Gasteiger partial charge in [-0.3, -0.25) is 0 Å². The Kier molecular flexibility index (Phi) is 2.69. The van der Waals surface area contributed by atoms with E-state index >= 15 is 0 Å². The van der Waals surface area contributed by atoms with Crippen molar-refractivity contribution < 1.29 is 15.0 Å². The number of carbonyl (C=O) groups is 1. The van der Waals surface area contributed by atoms with Crippen molar-refractivity contribution >= 4 is 5.97 Å². The van der Waals surface area contributed by atoms with E-state index in [2.05, 4.69) is 5.32 Å². The summed E-state index contributed by atoms with van der Waals surface area (Å²) < 4.78 is 0. The summed E-state index contributed by atoms with van der Waals surface area (Å²) in [5.74, 6) is -1.15. The molecule has 0 spiro atoms. The third-order valence-corrected chi connectivity index (χ3v) is 2.42. The summed E-state index contributed by atoms with van der Waals surface area (Å²) in [5, 5.41) is 21.3. The van der Waals surface area contributed by atoms with Gasteiger partial charge in [0.1, 0.15) is 0 Å². The minimum Gasteiger partial charge on any atom is -0.479 e. The summed E-state index contributed by atoms with van der Waals surface area (Å²) in [4.78, 5) is 10.6. The largest absolute Gasteiger partial charge is 0.479 e. The molecule has 0 radical (unpaired) electrons. The first-order valence-corrected chi connectivity index (χ1v) is 4.24. The van der Waals surface area contributed by atoms with E-state index in [-0.39, 0.29) is 6.04 Å². The number of rotatable bonds is 2. The molecule has 1 heterocycles. The molecule has 4 nitrogen and oxygen atoms in total. The lowest BCUT2D eigenvalue weighted by molar-refractivity contribution is -0.160. The Hall–Kier alpha value is -0.610. The highest BCUT2D eigenvalue weighted by molar-refractivity contribution is 5.77. The van der Waals surface area contributed by atoms with E-state index in [9.17, 15) is 9.90 Å². The molecule has 1 aliphatic heterocycles. The number of aliphatic carboxylic acids is 1. The predicted octanol–water partition coefficient (Wildman–Crippen LogP) is -0.0359. The average molecular weight is 173 g/mol. The maximum absolute atomic E-state index is 10.6. The van der Waals surface area contributed by atoms with Gasteiger partial charge in [-0.2, -0.15) is 0 Å². The van der Waals surface area contributed by atoms with E-state index < -0.39 is 11.6 Å². The average Bonchev–Trinajstić information content (AvgIpc) is 2.06. The van der Waals surface area contributed by atoms with E-state index in [1.165, 1.54) is 6.92 Å². The molecule has 4 heteroatoms. The third-order valence-electron chi connectivity index (χ3n) is 2.42. The first kappa shape index (κ1) is 9.48. The second kappa shape index (κ2) is 3.41. The highest BCUT2D eigenvalue weighted by Gasteiger charge is 2.39. The van der Waals surface area contributed by atoms with Crippen LogP contribution in [0.25, 0.3) is 0 Å². The minimum absolute atomic E-state index is 0.302. The zero-order chi connectivity index (χ0) is 9.19. The quantitative estimate of drug-likeness (QED) is 0.548. The molecular formula is C8H15NO3. The van der Waals surface area contributed by atoms with Crippen LogP contribution in [0.2, 0.25) is 0 Å². The van der Waals surface area contributed by atoms with Crippen molar-refractivity contribution in [1.29, 1.82) is 0 Å². The van der Waals surface area contributed by atoms with Gasteiger partial charge in [-0.05, 0) is 26.3 Å². The van der Waals surface area contributed by atoms with E-state index in [0.29, 0.717) is 0 Å². The molecule has 0 aromatic carbocycles. The summed E-state index contributed by atoms with van der Waals surface area (Å²) in [6.07, 6.45) is 2.78. The molecule has 0 aromatic heterocycles. The standard InChI is InChI=1S/C8H15NO3/c1-8(12,7(10)11)6-4-2-3-5-9-6/h6,9,12H,2-5H2,1H3,(H,10,11)/t6-,8+/m0/s1. The van der Waals surface area contributed by atoms with Gasteiger partial charge < -0.3 is 15.5 Å². The summed E-state index contributed by atoms with van der Waals surface area (Å²) in [6.45, 7) is 2.15. The first-order chi connectivity index (χ1) is 5.55. The van der Waals surface area contributed by atoms with Crippen LogP contribution in [-0.4, -0.2) is 34.4 Å². The Morgan fingerprint density at radius 2 is 2.25 bits per heavy atom. The van der Waals surface area contributed by atoms with E-state index in [4.69, 9.17) is 5.11 Å². The maximum Gasteiger partial charge on any atom is 0.337 e. The molecule has 0 saturated carbocycles. The topological polar surface area (TPSA) is 69.6 Å². The maximum atomic E-state index is 10.6. The van der Waals surface area contributed by atoms with Gasteiger partial charge in [0.15, 0.2) is 5.60 Å². The second-order valence-corrected chi connectivity index (χ2v) is 3.46. The number of hydrogen-bond acceptors (Lipinski definition) is 3. The molecular weight excluding hydrogens is 158 g/mol. The lowest BCUT2D eigenvalue weighted by Crippen LogP contribution is -2.55. The molecule has 1 aliphatic rings. The molecule has 12 heavy (non-hydrogen) atoms. The number of carboxylic acid groups (broad SMARTS) is 1. The molecule has 0 aliphatic carbocycles. The van der Waals surface area contributed by atoms with Crippen molar-refractivity contribution in [2.45, 2.75) is 37.8 Å². The molecule has 1 saturated heterocycles. The van der Waals surface area contributed by atoms with Crippen molar-refractivity contribution in [3.8, 4) is 0 Å². The monoisotopic (exact) mass is 173 g/mol. The summed E-state index contributed by atoms with van der Waals surface area (Å²) in [7, 11) is 0. The summed E-state index contributed by atoms with van der Waals surface area (Å²) in [6, 6.07) is -0.302. The molecule has 0 unspecified atom stereocenters. The van der Waals surface area contributed by atoms with E-state index in [1.54, 1.807) is 0 Å². The van der Waals surface area contributed by atoms with Crippen molar-refractivity contribution in [3.63, 3.8) is 0 Å². The van der Waals surface area contributed by atoms with Crippen LogP contribution in [0, 0.1) is 0 Å². The van der Waals surface area contributed by atoms with Crippen molar-refractivity contribution in [3.05, 3.63) is 0 Å². The molecule has 3 N–H and O–H groups in total. The normalized spacial score (nSPS) is 29.3. The molecule has 2 atom stereocenters. The molecule has 0 aromatic rings. The van der Waals surface area contributed by atoms with Gasteiger partial charge in [0, 0.05) is 6.04 Å². The Labute approximate surface area is 71.6 Å². The van der Waals surface area contributed by atoms with Crippen LogP contribution < -0.4 is 5.32 Å². The Morgan fingerprint density at radius 1 is 1.58 bits per heavy atom. The smallest absolute Gasteiger partial charge is 0.337 e. The number of hydrogen-bond donors (Lipinski definition) is 3. The predicted molar refractivity (Wildman–Crippen MR) is 43.9 cm³/mol. The molecule has 0 bridgehead atoms. The highest BCUT2D eigenvalue weighted by atomic mass is 16.4. The van der Waals surface area contributed by atoms with Crippen LogP contribution in [0.1, 0.15) is 26.2 Å². The molecule has 0 amide bonds. The van der Waals surface area contributed by atoms with Crippen LogP contribution in [0.3, 0.4) is 0 Å². The van der Waals surface area contributed by atoms with Crippen LogP contribution in [0.15, 0.2) is 0 Å². The lowest BCUT2D eigenvalue weighted by Gasteiger charge is -2.32. The third kappa shape index (κ3) is 1.76. The van der Waals surface area contributed by atoms with Crippen LogP contribution in [0.4, 0.5) is 0 Å². The fourth-order valence-electron chi connectivity index (χ4n) is 1.48. The lowest BCUT2D eigenvalue weighted by atomic mass is 9.90. The van der Waals surface area contributed by atoms with Gasteiger partial charge in [-0.25, -0.2) is 4.79 Å². The van der Waals surface area contributed by atoms with E-state index in [1.807, 2.05) is 0 Å². The van der Waals surface area contributed by atoms with Crippen LogP contribution in [-0.2, 0) is 4.79 Å². The van der Waals surface area contributed by atoms with E-state index in [0.717, 1.165) is 25.8 Å². The minimum atomic E-state index is -1.62. The first-order valence-electron chi connectivity index (χ1n) is 4.24. The van der Waals surface area contributed by atoms with Crippen molar-refractivity contribution in [1.82, 2.24) is 5.32 Å². The number of piperidine rings is 1. The van der Waals surface area contributed by atoms with Gasteiger partial charge in [0.2, 0.25) is 0 Å². The summed E-state index contributed by atoms with van der Waals surface area (Å²) >= 11 is 0. The van der Waals surface area contributed by atoms with Crippen molar-refractivity contribution in [2.75, 3.05) is 6.54 Å². The van der Waals surface area contributed by atoms with Crippen LogP contribution >= 0.6 is 0 Å². The number of aliphatic hydroxyl groups is 1. The fourth-order valence-corrected chi connectivity index (χ4v) is 1.48. The van der Waals surface area contributed by atoms with Gasteiger partial charge in [-0.1, -0.05) is 6.42 Å². The highest BCUT2D eigenvalue weighted by Crippen LogP contribution is 2.18. The Morgan fingerprint density at radius 3 is 2.67 bits per heavy atom. The Balaban J connectivity index is 2.59. The molecule has 70 valence electrons. The van der Waals surface area contributed by atoms with Gasteiger partial charge in [0.25, 0.3) is 0 Å². The Bertz CT molecular complexity index is 173. The molecule has 1 rings (SSSR count). The van der Waals surface area contributed by atoms with Crippen molar-refractivity contribution in [2.24, 2.45) is 0 Å². The zero-order valence-electron chi connectivity index (χ0n) is 7.21. The number of nitrogens with one attached hydrogen (secondary N) is 1.